The third-order valence-electron chi connectivity index (χ3n) is 7.26. The van der Waals surface area contributed by atoms with Crippen molar-refractivity contribution in [1.29, 1.82) is 0 Å². The lowest BCUT2D eigenvalue weighted by Crippen LogP contribution is -2.34. The molecule has 2 heterocycles. The summed E-state index contributed by atoms with van der Waals surface area (Å²) in [6.07, 6.45) is 11.0. The van der Waals surface area contributed by atoms with Gasteiger partial charge in [-0.1, -0.05) is 38.1 Å². The number of aryl methyl sites for hydroxylation is 1. The molecule has 7 nitrogen and oxygen atoms in total. The largest absolute Gasteiger partial charge is 0.481 e. The van der Waals surface area contributed by atoms with E-state index in [0.29, 0.717) is 6.42 Å². The second kappa shape index (κ2) is 11.1. The average Bonchev–Trinajstić information content (AvgIpc) is 3.09. The minimum absolute atomic E-state index is 0.0943. The van der Waals surface area contributed by atoms with Crippen LogP contribution in [0.4, 0.5) is 5.69 Å². The molecule has 0 saturated heterocycles. The molecule has 0 atom stereocenters. The minimum atomic E-state index is -4.28. The number of benzene rings is 2. The van der Waals surface area contributed by atoms with E-state index in [1.807, 2.05) is 18.2 Å². The molecule has 2 N–H and O–H groups in total. The number of aliphatic carboxylic acids is 1. The number of carboxylic acids is 1. The Hall–Kier alpha value is -3.49. The number of unbranched alkanes of at least 4 members (excludes halogenated alkanes) is 2. The van der Waals surface area contributed by atoms with Crippen molar-refractivity contribution in [1.82, 2.24) is 0 Å². The van der Waals surface area contributed by atoms with Crippen LogP contribution in [0.3, 0.4) is 0 Å². The Labute approximate surface area is 224 Å². The van der Waals surface area contributed by atoms with Crippen LogP contribution >= 0.6 is 0 Å². The topological polar surface area (TPSA) is 98.8 Å². The van der Waals surface area contributed by atoms with Gasteiger partial charge in [0, 0.05) is 48.3 Å². The number of aromatic nitrogens is 1. The molecule has 1 aliphatic rings. The summed E-state index contributed by atoms with van der Waals surface area (Å²) in [7, 11) is -4.28. The lowest BCUT2D eigenvalue weighted by Gasteiger charge is -2.25. The van der Waals surface area contributed by atoms with Crippen molar-refractivity contribution in [3.8, 4) is 0 Å². The van der Waals surface area contributed by atoms with Crippen LogP contribution in [-0.2, 0) is 26.9 Å². The van der Waals surface area contributed by atoms with Crippen LogP contribution in [0.1, 0.15) is 57.6 Å². The number of rotatable bonds is 10. The summed E-state index contributed by atoms with van der Waals surface area (Å²) < 4.78 is 35.3. The molecule has 8 heteroatoms. The Morgan fingerprint density at radius 1 is 1.08 bits per heavy atom. The Kier molecular flexibility index (Phi) is 8.04. The zero-order valence-electron chi connectivity index (χ0n) is 22.1. The molecule has 0 spiro atoms. The van der Waals surface area contributed by atoms with Gasteiger partial charge in [0.15, 0.2) is 6.20 Å². The number of para-hydroxylation sites is 1. The fourth-order valence-electron chi connectivity index (χ4n) is 5.28. The zero-order chi connectivity index (χ0) is 27.5. The van der Waals surface area contributed by atoms with E-state index in [4.69, 9.17) is 5.11 Å². The van der Waals surface area contributed by atoms with Gasteiger partial charge in [-0.15, -0.1) is 0 Å². The van der Waals surface area contributed by atoms with E-state index in [1.54, 1.807) is 12.1 Å². The zero-order valence-corrected chi connectivity index (χ0v) is 22.9. The molecule has 4 rings (SSSR count). The summed E-state index contributed by atoms with van der Waals surface area (Å²) >= 11 is 0. The average molecular weight is 536 g/mol. The summed E-state index contributed by atoms with van der Waals surface area (Å²) in [6, 6.07) is 15.1. The molecule has 0 saturated carbocycles. The third-order valence-corrected chi connectivity index (χ3v) is 8.11. The maximum Gasteiger partial charge on any atom is 0.303 e. The highest BCUT2D eigenvalue weighted by molar-refractivity contribution is 7.85. The highest BCUT2D eigenvalue weighted by Crippen LogP contribution is 2.48. The molecule has 0 radical (unpaired) electrons. The molecule has 0 aliphatic carbocycles. The van der Waals surface area contributed by atoms with E-state index in [1.165, 1.54) is 6.07 Å². The van der Waals surface area contributed by atoms with Crippen LogP contribution in [0.5, 0.6) is 0 Å². The molecule has 200 valence electrons. The van der Waals surface area contributed by atoms with Crippen molar-refractivity contribution in [3.05, 3.63) is 83.7 Å². The summed E-state index contributed by atoms with van der Waals surface area (Å²) in [5.74, 6) is -0.746. The Morgan fingerprint density at radius 3 is 2.55 bits per heavy atom. The number of nitrogens with zero attached hydrogens (tertiary/aromatic N) is 2. The number of pyridine rings is 1. The summed E-state index contributed by atoms with van der Waals surface area (Å²) in [5.41, 5.74) is 4.63. The fraction of sp³-hybridized carbons (Fsp3) is 0.333. The standard InChI is InChI=1S/C30H34N2O5S/c1-4-32-27-17-16-23(38(35,36)37)21-25(27)30(2,3)28(32)14-10-11-22-18-20-31(19-9-5-6-15-29(33)34)26-13-8-7-12-24(22)26/h7-8,10-14,16-18,20-21H,4-6,9,15,19H2,1-3H3,(H-,33,34,35,36,37)/p+1. The first-order valence-electron chi connectivity index (χ1n) is 13.0. The van der Waals surface area contributed by atoms with Gasteiger partial charge in [-0.3, -0.25) is 9.35 Å². The van der Waals surface area contributed by atoms with Crippen LogP contribution < -0.4 is 9.47 Å². The summed E-state index contributed by atoms with van der Waals surface area (Å²) in [5, 5.41) is 9.97. The van der Waals surface area contributed by atoms with Crippen molar-refractivity contribution >= 4 is 38.8 Å². The highest BCUT2D eigenvalue weighted by atomic mass is 32.2. The van der Waals surface area contributed by atoms with Crippen molar-refractivity contribution < 1.29 is 27.4 Å². The molecule has 1 aliphatic heterocycles. The van der Waals surface area contributed by atoms with Crippen LogP contribution in [-0.4, -0.2) is 30.6 Å². The number of allylic oxidation sites excluding steroid dienone is 3. The molecule has 1 aromatic heterocycles. The predicted octanol–water partition coefficient (Wildman–Crippen LogP) is 5.73. The Balaban J connectivity index is 1.60. The molecule has 0 bridgehead atoms. The first-order valence-corrected chi connectivity index (χ1v) is 14.4. The lowest BCUT2D eigenvalue weighted by molar-refractivity contribution is -0.671. The Morgan fingerprint density at radius 2 is 1.84 bits per heavy atom. The van der Waals surface area contributed by atoms with Crippen molar-refractivity contribution in [2.45, 2.75) is 63.3 Å². The number of hydrogen-bond donors (Lipinski definition) is 2. The monoisotopic (exact) mass is 535 g/mol. The van der Waals surface area contributed by atoms with E-state index in [9.17, 15) is 17.8 Å². The third kappa shape index (κ3) is 5.66. The van der Waals surface area contributed by atoms with E-state index in [0.717, 1.165) is 59.3 Å². The fourth-order valence-corrected chi connectivity index (χ4v) is 5.79. The maximum absolute atomic E-state index is 11.7. The molecule has 2 aromatic carbocycles. The minimum Gasteiger partial charge on any atom is -0.481 e. The first-order chi connectivity index (χ1) is 18.0. The number of carboxylic acid groups (broad SMARTS) is 1. The van der Waals surface area contributed by atoms with Gasteiger partial charge >= 0.3 is 5.97 Å². The second-order valence-electron chi connectivity index (χ2n) is 10.1. The smallest absolute Gasteiger partial charge is 0.303 e. The molecule has 38 heavy (non-hydrogen) atoms. The van der Waals surface area contributed by atoms with Gasteiger partial charge in [-0.2, -0.15) is 13.0 Å². The van der Waals surface area contributed by atoms with Crippen LogP contribution in [0.2, 0.25) is 0 Å². The number of hydrogen-bond acceptors (Lipinski definition) is 4. The Bertz CT molecular complexity index is 1520. The molecule has 0 fully saturated rings. The van der Waals surface area contributed by atoms with Gasteiger partial charge < -0.3 is 10.0 Å². The number of likely N-dealkylation sites (N-methyl/N-ethyl adjacent to an activating group) is 1. The highest BCUT2D eigenvalue weighted by Gasteiger charge is 2.39. The first kappa shape index (κ1) is 27.5. The van der Waals surface area contributed by atoms with E-state index < -0.39 is 21.5 Å². The lowest BCUT2D eigenvalue weighted by atomic mass is 9.83. The van der Waals surface area contributed by atoms with Crippen molar-refractivity contribution in [2.75, 3.05) is 11.4 Å². The molecule has 0 amide bonds. The number of anilines is 1. The normalized spacial score (nSPS) is 16.0. The summed E-state index contributed by atoms with van der Waals surface area (Å²) in [6.45, 7) is 7.74. The van der Waals surface area contributed by atoms with Crippen LogP contribution in [0.15, 0.2) is 77.5 Å². The van der Waals surface area contributed by atoms with E-state index in [-0.39, 0.29) is 11.3 Å². The molecular weight excluding hydrogens is 500 g/mol. The maximum atomic E-state index is 11.7. The van der Waals surface area contributed by atoms with E-state index >= 15 is 0 Å². The van der Waals surface area contributed by atoms with E-state index in [2.05, 4.69) is 66.8 Å². The van der Waals surface area contributed by atoms with Gasteiger partial charge in [0.1, 0.15) is 6.54 Å². The van der Waals surface area contributed by atoms with Crippen molar-refractivity contribution in [3.63, 3.8) is 0 Å². The van der Waals surface area contributed by atoms with Crippen LogP contribution in [0, 0.1) is 0 Å². The van der Waals surface area contributed by atoms with Gasteiger partial charge in [-0.05, 0) is 61.2 Å². The van der Waals surface area contributed by atoms with Crippen LogP contribution in [0.25, 0.3) is 17.0 Å². The molecular formula is C30H35N2O5S+. The SMILES string of the molecule is CCN1C(=CC=Cc2cc[n+](CCCCCC(=O)O)c3ccccc23)C(C)(C)c2cc(S(=O)(=O)O)ccc21. The molecule has 0 unspecified atom stereocenters. The predicted molar refractivity (Wildman–Crippen MR) is 150 cm³/mol. The van der Waals surface area contributed by atoms with Crippen molar-refractivity contribution in [2.24, 2.45) is 0 Å². The number of fused-ring (bicyclic) bond motifs is 2. The second-order valence-corrected chi connectivity index (χ2v) is 11.5. The quantitative estimate of drug-likeness (QED) is 0.195. The van der Waals surface area contributed by atoms with Gasteiger partial charge in [-0.25, -0.2) is 0 Å². The van der Waals surface area contributed by atoms with Gasteiger partial charge in [0.25, 0.3) is 10.1 Å². The van der Waals surface area contributed by atoms with Gasteiger partial charge in [0.05, 0.1) is 10.3 Å². The molecule has 3 aromatic rings. The summed E-state index contributed by atoms with van der Waals surface area (Å²) in [4.78, 5) is 12.8. The van der Waals surface area contributed by atoms with Gasteiger partial charge in [0.2, 0.25) is 5.52 Å². The number of carbonyl (C=O) groups is 1.